The number of fused-ring (bicyclic) bond motifs is 1. The minimum absolute atomic E-state index is 0.0339. The third kappa shape index (κ3) is 5.17. The molecule has 184 valence electrons. The highest BCUT2D eigenvalue weighted by Gasteiger charge is 2.40. The van der Waals surface area contributed by atoms with Crippen LogP contribution >= 0.6 is 0 Å². The van der Waals surface area contributed by atoms with E-state index in [1.807, 2.05) is 25.5 Å². The van der Waals surface area contributed by atoms with Gasteiger partial charge in [-0.2, -0.15) is 5.10 Å². The van der Waals surface area contributed by atoms with E-state index in [1.165, 1.54) is 12.1 Å². The molecule has 1 saturated heterocycles. The normalized spacial score (nSPS) is 17.7. The second-order valence-electron chi connectivity index (χ2n) is 10.5. The largest absolute Gasteiger partial charge is 0.461 e. The fourth-order valence-corrected chi connectivity index (χ4v) is 4.95. The molecule has 2 aromatic rings. The number of nitrogens with one attached hydrogen (secondary N) is 1. The number of hydrogen-bond acceptors (Lipinski definition) is 5. The molecule has 2 aliphatic heterocycles. The van der Waals surface area contributed by atoms with Crippen LogP contribution in [0.25, 0.3) is 0 Å². The number of aromatic nitrogens is 2. The lowest BCUT2D eigenvalue weighted by Crippen LogP contribution is -2.41. The highest BCUT2D eigenvalue weighted by Crippen LogP contribution is 2.38. The Morgan fingerprint density at radius 3 is 2.71 bits per heavy atom. The molecular formula is C26H34FN3O4. The Kier molecular flexibility index (Phi) is 6.80. The second-order valence-corrected chi connectivity index (χ2v) is 10.5. The number of amides is 1. The molecule has 4 rings (SSSR count). The zero-order valence-electron chi connectivity index (χ0n) is 20.5. The van der Waals surface area contributed by atoms with Crippen molar-refractivity contribution in [2.24, 2.45) is 10.8 Å². The van der Waals surface area contributed by atoms with Crippen molar-refractivity contribution in [3.8, 4) is 0 Å². The lowest BCUT2D eigenvalue weighted by atomic mass is 9.76. The molecule has 1 amide bonds. The summed E-state index contributed by atoms with van der Waals surface area (Å²) in [7, 11) is 0. The van der Waals surface area contributed by atoms with E-state index in [9.17, 15) is 14.0 Å². The molecule has 1 spiro atoms. The molecule has 0 radical (unpaired) electrons. The summed E-state index contributed by atoms with van der Waals surface area (Å²) in [6.45, 7) is 10.4. The quantitative estimate of drug-likeness (QED) is 0.647. The molecule has 0 saturated carbocycles. The number of carbonyl (C=O) groups excluding carboxylic acids is 2. The van der Waals surface area contributed by atoms with Crippen molar-refractivity contribution in [3.05, 3.63) is 52.1 Å². The van der Waals surface area contributed by atoms with Crippen LogP contribution < -0.4 is 5.32 Å². The summed E-state index contributed by atoms with van der Waals surface area (Å²) < 4.78 is 26.8. The molecule has 1 N–H and O–H groups in total. The van der Waals surface area contributed by atoms with Gasteiger partial charge in [0.05, 0.1) is 29.1 Å². The van der Waals surface area contributed by atoms with E-state index in [4.69, 9.17) is 14.6 Å². The first-order chi connectivity index (χ1) is 16.1. The Labute approximate surface area is 200 Å². The van der Waals surface area contributed by atoms with Gasteiger partial charge in [-0.05, 0) is 61.8 Å². The summed E-state index contributed by atoms with van der Waals surface area (Å²) in [6.07, 6.45) is 3.21. The van der Waals surface area contributed by atoms with Gasteiger partial charge in [0.2, 0.25) is 0 Å². The first kappa shape index (κ1) is 24.4. The van der Waals surface area contributed by atoms with Gasteiger partial charge in [-0.1, -0.05) is 20.8 Å². The van der Waals surface area contributed by atoms with E-state index in [1.54, 1.807) is 13.0 Å². The SMILES string of the molecule is CCc1nn(CC(C)(C)COC(=O)c2cc(C)cc(F)c2)c2c1C(=O)NCC1(CCOCC1)C2. The number of hydrogen-bond donors (Lipinski definition) is 1. The number of aryl methyl sites for hydroxylation is 2. The number of esters is 1. The summed E-state index contributed by atoms with van der Waals surface area (Å²) >= 11 is 0. The Balaban J connectivity index is 1.55. The molecule has 8 heteroatoms. The van der Waals surface area contributed by atoms with Crippen LogP contribution in [0.1, 0.15) is 71.3 Å². The smallest absolute Gasteiger partial charge is 0.338 e. The monoisotopic (exact) mass is 471 g/mol. The fourth-order valence-electron chi connectivity index (χ4n) is 4.95. The molecule has 0 bridgehead atoms. The van der Waals surface area contributed by atoms with Gasteiger partial charge in [-0.15, -0.1) is 0 Å². The van der Waals surface area contributed by atoms with Crippen LogP contribution in [0.15, 0.2) is 18.2 Å². The van der Waals surface area contributed by atoms with E-state index in [0.717, 1.165) is 30.7 Å². The number of carbonyl (C=O) groups is 2. The van der Waals surface area contributed by atoms with E-state index < -0.39 is 17.2 Å². The van der Waals surface area contributed by atoms with E-state index >= 15 is 0 Å². The zero-order chi connectivity index (χ0) is 24.5. The van der Waals surface area contributed by atoms with Crippen molar-refractivity contribution in [1.29, 1.82) is 0 Å². The van der Waals surface area contributed by atoms with Crippen molar-refractivity contribution >= 4 is 11.9 Å². The van der Waals surface area contributed by atoms with Crippen LogP contribution in [-0.2, 0) is 28.9 Å². The first-order valence-corrected chi connectivity index (χ1v) is 12.0. The Hall–Kier alpha value is -2.74. The van der Waals surface area contributed by atoms with Gasteiger partial charge in [0.15, 0.2) is 0 Å². The predicted octanol–water partition coefficient (Wildman–Crippen LogP) is 3.86. The Bertz CT molecular complexity index is 1070. The number of rotatable bonds is 6. The standard InChI is InChI=1S/C26H34FN3O4/c1-5-20-22-21(13-26(14-28-23(22)31)6-8-33-9-7-26)30(29-20)15-25(3,4)16-34-24(32)18-10-17(2)11-19(27)12-18/h10-12H,5-9,13-16H2,1-4H3,(H,28,31). The van der Waals surface area contributed by atoms with Crippen LogP contribution in [0.5, 0.6) is 0 Å². The van der Waals surface area contributed by atoms with Crippen LogP contribution in [0.3, 0.4) is 0 Å². The third-order valence-electron chi connectivity index (χ3n) is 6.86. The Morgan fingerprint density at radius 2 is 2.03 bits per heavy atom. The van der Waals surface area contributed by atoms with Crippen molar-refractivity contribution in [1.82, 2.24) is 15.1 Å². The lowest BCUT2D eigenvalue weighted by Gasteiger charge is -2.36. The number of nitrogens with zero attached hydrogens (tertiary/aromatic N) is 2. The first-order valence-electron chi connectivity index (χ1n) is 12.0. The molecule has 0 aliphatic carbocycles. The minimum Gasteiger partial charge on any atom is -0.461 e. The van der Waals surface area contributed by atoms with E-state index in [-0.39, 0.29) is 23.5 Å². The highest BCUT2D eigenvalue weighted by atomic mass is 19.1. The molecule has 1 aromatic heterocycles. The van der Waals surface area contributed by atoms with Crippen LogP contribution in [0.4, 0.5) is 4.39 Å². The zero-order valence-corrected chi connectivity index (χ0v) is 20.5. The molecule has 2 aliphatic rings. The van der Waals surface area contributed by atoms with Gasteiger partial charge >= 0.3 is 5.97 Å². The highest BCUT2D eigenvalue weighted by molar-refractivity contribution is 5.97. The average molecular weight is 472 g/mol. The number of benzene rings is 1. The summed E-state index contributed by atoms with van der Waals surface area (Å²) in [5.74, 6) is -1.07. The van der Waals surface area contributed by atoms with E-state index in [2.05, 4.69) is 5.32 Å². The average Bonchev–Trinajstić information content (AvgIpc) is 3.04. The van der Waals surface area contributed by atoms with Gasteiger partial charge in [0.25, 0.3) is 5.91 Å². The van der Waals surface area contributed by atoms with Crippen molar-refractivity contribution < 1.29 is 23.5 Å². The van der Waals surface area contributed by atoms with Gasteiger partial charge in [-0.3, -0.25) is 9.48 Å². The van der Waals surface area contributed by atoms with Crippen LogP contribution in [-0.4, -0.2) is 48.0 Å². The van der Waals surface area contributed by atoms with Gasteiger partial charge in [0, 0.05) is 31.7 Å². The van der Waals surface area contributed by atoms with Crippen molar-refractivity contribution in [3.63, 3.8) is 0 Å². The molecule has 3 heterocycles. The minimum atomic E-state index is -0.551. The summed E-state index contributed by atoms with van der Waals surface area (Å²) in [4.78, 5) is 25.6. The molecule has 0 unspecified atom stereocenters. The topological polar surface area (TPSA) is 82.5 Å². The fraction of sp³-hybridized carbons (Fsp3) is 0.577. The Morgan fingerprint density at radius 1 is 1.29 bits per heavy atom. The second kappa shape index (κ2) is 9.49. The number of ether oxygens (including phenoxy) is 2. The maximum Gasteiger partial charge on any atom is 0.338 e. The van der Waals surface area contributed by atoms with Gasteiger partial charge in [-0.25, -0.2) is 9.18 Å². The van der Waals surface area contributed by atoms with Crippen molar-refractivity contribution in [2.75, 3.05) is 26.4 Å². The van der Waals surface area contributed by atoms with Gasteiger partial charge in [0.1, 0.15) is 5.82 Å². The molecular weight excluding hydrogens is 437 g/mol. The van der Waals surface area contributed by atoms with Gasteiger partial charge < -0.3 is 14.8 Å². The van der Waals surface area contributed by atoms with Crippen LogP contribution in [0.2, 0.25) is 0 Å². The maximum absolute atomic E-state index is 13.7. The predicted molar refractivity (Wildman–Crippen MR) is 125 cm³/mol. The van der Waals surface area contributed by atoms with E-state index in [0.29, 0.717) is 43.9 Å². The molecule has 0 atom stereocenters. The summed E-state index contributed by atoms with van der Waals surface area (Å²) in [6, 6.07) is 4.18. The summed E-state index contributed by atoms with van der Waals surface area (Å²) in [5, 5.41) is 7.94. The lowest BCUT2D eigenvalue weighted by molar-refractivity contribution is 0.0145. The van der Waals surface area contributed by atoms with Crippen molar-refractivity contribution in [2.45, 2.75) is 59.9 Å². The van der Waals surface area contributed by atoms with Crippen LogP contribution in [0, 0.1) is 23.6 Å². The third-order valence-corrected chi connectivity index (χ3v) is 6.86. The summed E-state index contributed by atoms with van der Waals surface area (Å²) in [5.41, 5.74) is 2.82. The molecule has 1 fully saturated rings. The number of halogens is 1. The molecule has 7 nitrogen and oxygen atoms in total. The maximum atomic E-state index is 13.7. The molecule has 34 heavy (non-hydrogen) atoms. The molecule has 1 aromatic carbocycles.